The summed E-state index contributed by atoms with van der Waals surface area (Å²) in [5.41, 5.74) is 6.04. The summed E-state index contributed by atoms with van der Waals surface area (Å²) in [6, 6.07) is 0.104. The Kier molecular flexibility index (Phi) is 4.62. The third-order valence-corrected chi connectivity index (χ3v) is 4.69. The molecule has 2 aliphatic carbocycles. The number of hydrogen-bond donors (Lipinski definition) is 3. The maximum atomic E-state index is 12.2. The van der Waals surface area contributed by atoms with Gasteiger partial charge in [-0.2, -0.15) is 0 Å². The average Bonchev–Trinajstić information content (AvgIpc) is 2.35. The minimum atomic E-state index is -0.362. The normalized spacial score (nSPS) is 41.4. The summed E-state index contributed by atoms with van der Waals surface area (Å²) in [4.78, 5) is 12.2. The van der Waals surface area contributed by atoms with Gasteiger partial charge in [-0.1, -0.05) is 19.8 Å². The molecule has 2 aliphatic rings. The van der Waals surface area contributed by atoms with Gasteiger partial charge in [0.1, 0.15) is 0 Å². The highest BCUT2D eigenvalue weighted by Crippen LogP contribution is 2.28. The second-order valence-electron chi connectivity index (χ2n) is 6.12. The van der Waals surface area contributed by atoms with Crippen LogP contribution in [0.25, 0.3) is 0 Å². The molecule has 4 N–H and O–H groups in total. The summed E-state index contributed by atoms with van der Waals surface area (Å²) in [6.07, 6.45) is 6.28. The van der Waals surface area contributed by atoms with E-state index < -0.39 is 0 Å². The lowest BCUT2D eigenvalue weighted by molar-refractivity contribution is -0.128. The average molecular weight is 254 g/mol. The van der Waals surface area contributed by atoms with Gasteiger partial charge in [-0.3, -0.25) is 4.79 Å². The second-order valence-corrected chi connectivity index (χ2v) is 6.12. The van der Waals surface area contributed by atoms with Crippen LogP contribution in [0.5, 0.6) is 0 Å². The topological polar surface area (TPSA) is 75.3 Å². The Bertz CT molecular complexity index is 296. The van der Waals surface area contributed by atoms with Crippen molar-refractivity contribution in [2.45, 2.75) is 70.1 Å². The Morgan fingerprint density at radius 1 is 1.22 bits per heavy atom. The number of rotatable bonds is 2. The Morgan fingerprint density at radius 2 is 1.94 bits per heavy atom. The first-order chi connectivity index (χ1) is 8.58. The van der Waals surface area contributed by atoms with E-state index in [1.54, 1.807) is 0 Å². The lowest BCUT2D eigenvalue weighted by Gasteiger charge is -2.34. The molecule has 0 aromatic heterocycles. The minimum Gasteiger partial charge on any atom is -0.391 e. The zero-order valence-electron chi connectivity index (χ0n) is 11.3. The molecule has 0 bridgehead atoms. The van der Waals surface area contributed by atoms with Crippen LogP contribution in [0.3, 0.4) is 0 Å². The van der Waals surface area contributed by atoms with Gasteiger partial charge in [0.25, 0.3) is 0 Å². The van der Waals surface area contributed by atoms with Crippen molar-refractivity contribution in [3.05, 3.63) is 0 Å². The van der Waals surface area contributed by atoms with Gasteiger partial charge in [0.05, 0.1) is 12.1 Å². The molecule has 2 fully saturated rings. The maximum absolute atomic E-state index is 12.2. The van der Waals surface area contributed by atoms with Crippen molar-refractivity contribution >= 4 is 5.91 Å². The van der Waals surface area contributed by atoms with Gasteiger partial charge < -0.3 is 16.2 Å². The number of aliphatic hydroxyl groups is 1. The number of amides is 1. The van der Waals surface area contributed by atoms with Gasteiger partial charge in [-0.25, -0.2) is 0 Å². The van der Waals surface area contributed by atoms with E-state index in [-0.39, 0.29) is 30.0 Å². The summed E-state index contributed by atoms with van der Waals surface area (Å²) in [5, 5.41) is 12.9. The molecule has 4 heteroatoms. The number of nitrogens with one attached hydrogen (secondary N) is 1. The summed E-state index contributed by atoms with van der Waals surface area (Å²) in [6.45, 7) is 2.16. The summed E-state index contributed by atoms with van der Waals surface area (Å²) >= 11 is 0. The quantitative estimate of drug-likeness (QED) is 0.692. The molecule has 18 heavy (non-hydrogen) atoms. The highest BCUT2D eigenvalue weighted by atomic mass is 16.3. The van der Waals surface area contributed by atoms with Gasteiger partial charge in [0.2, 0.25) is 5.91 Å². The molecule has 1 amide bonds. The van der Waals surface area contributed by atoms with E-state index in [0.29, 0.717) is 5.92 Å². The van der Waals surface area contributed by atoms with Crippen molar-refractivity contribution in [2.24, 2.45) is 17.6 Å². The van der Waals surface area contributed by atoms with Crippen molar-refractivity contribution in [1.82, 2.24) is 5.32 Å². The Hall–Kier alpha value is -0.610. The van der Waals surface area contributed by atoms with Crippen LogP contribution in [0.2, 0.25) is 0 Å². The fourth-order valence-electron chi connectivity index (χ4n) is 3.18. The molecule has 0 heterocycles. The third-order valence-electron chi connectivity index (χ3n) is 4.69. The van der Waals surface area contributed by atoms with Crippen molar-refractivity contribution in [2.75, 3.05) is 0 Å². The van der Waals surface area contributed by atoms with Crippen LogP contribution in [-0.4, -0.2) is 29.2 Å². The molecule has 2 rings (SSSR count). The third kappa shape index (κ3) is 3.23. The summed E-state index contributed by atoms with van der Waals surface area (Å²) in [5.74, 6) is 0.669. The predicted octanol–water partition coefficient (Wildman–Crippen LogP) is 1.17. The monoisotopic (exact) mass is 254 g/mol. The van der Waals surface area contributed by atoms with Crippen molar-refractivity contribution in [1.29, 1.82) is 0 Å². The predicted molar refractivity (Wildman–Crippen MR) is 70.9 cm³/mol. The standard InChI is InChI=1S/C14H26N2O2/c1-9-6-7-10(8-11(9)15)14(18)16-12-4-2-3-5-13(12)17/h9-13,17H,2-8,15H2,1H3,(H,16,18). The summed E-state index contributed by atoms with van der Waals surface area (Å²) in [7, 11) is 0. The van der Waals surface area contributed by atoms with E-state index in [1.807, 2.05) is 0 Å². The molecular weight excluding hydrogens is 228 g/mol. The Labute approximate surface area is 109 Å². The molecule has 5 unspecified atom stereocenters. The van der Waals surface area contributed by atoms with E-state index in [0.717, 1.165) is 44.9 Å². The summed E-state index contributed by atoms with van der Waals surface area (Å²) < 4.78 is 0. The molecule has 104 valence electrons. The van der Waals surface area contributed by atoms with Crippen molar-refractivity contribution < 1.29 is 9.90 Å². The molecule has 0 radical (unpaired) electrons. The number of carbonyl (C=O) groups excluding carboxylic acids is 1. The highest BCUT2D eigenvalue weighted by molar-refractivity contribution is 5.79. The molecule has 0 aromatic carbocycles. The zero-order valence-corrected chi connectivity index (χ0v) is 11.3. The van der Waals surface area contributed by atoms with Crippen LogP contribution in [0.15, 0.2) is 0 Å². The van der Waals surface area contributed by atoms with Gasteiger partial charge in [0.15, 0.2) is 0 Å². The van der Waals surface area contributed by atoms with E-state index in [2.05, 4.69) is 12.2 Å². The number of aliphatic hydroxyl groups excluding tert-OH is 1. The first-order valence-corrected chi connectivity index (χ1v) is 7.32. The van der Waals surface area contributed by atoms with Gasteiger partial charge in [-0.15, -0.1) is 0 Å². The van der Waals surface area contributed by atoms with Crippen LogP contribution in [0.4, 0.5) is 0 Å². The Morgan fingerprint density at radius 3 is 2.61 bits per heavy atom. The van der Waals surface area contributed by atoms with Crippen molar-refractivity contribution in [3.8, 4) is 0 Å². The minimum absolute atomic E-state index is 0.0400. The number of carbonyl (C=O) groups is 1. The molecular formula is C14H26N2O2. The van der Waals surface area contributed by atoms with Gasteiger partial charge in [0, 0.05) is 12.0 Å². The lowest BCUT2D eigenvalue weighted by Crippen LogP contribution is -2.49. The molecule has 0 aromatic rings. The zero-order chi connectivity index (χ0) is 13.1. The highest BCUT2D eigenvalue weighted by Gasteiger charge is 2.32. The molecule has 0 spiro atoms. The van der Waals surface area contributed by atoms with E-state index in [4.69, 9.17) is 5.73 Å². The molecule has 4 nitrogen and oxygen atoms in total. The fraction of sp³-hybridized carbons (Fsp3) is 0.929. The van der Waals surface area contributed by atoms with Crippen LogP contribution >= 0.6 is 0 Å². The SMILES string of the molecule is CC1CCC(C(=O)NC2CCCCC2O)CC1N. The number of nitrogens with two attached hydrogens (primary N) is 1. The van der Waals surface area contributed by atoms with Crippen LogP contribution in [0, 0.1) is 11.8 Å². The van der Waals surface area contributed by atoms with Crippen molar-refractivity contribution in [3.63, 3.8) is 0 Å². The maximum Gasteiger partial charge on any atom is 0.223 e. The van der Waals surface area contributed by atoms with Crippen LogP contribution < -0.4 is 11.1 Å². The molecule has 0 saturated heterocycles. The Balaban J connectivity index is 1.84. The first kappa shape index (κ1) is 13.8. The second kappa shape index (κ2) is 6.02. The largest absolute Gasteiger partial charge is 0.391 e. The molecule has 2 saturated carbocycles. The molecule has 5 atom stereocenters. The van der Waals surface area contributed by atoms with Gasteiger partial charge in [-0.05, 0) is 38.0 Å². The van der Waals surface area contributed by atoms with E-state index >= 15 is 0 Å². The number of hydrogen-bond acceptors (Lipinski definition) is 3. The first-order valence-electron chi connectivity index (χ1n) is 7.32. The van der Waals surface area contributed by atoms with Crippen LogP contribution in [-0.2, 0) is 4.79 Å². The molecule has 0 aliphatic heterocycles. The fourth-order valence-corrected chi connectivity index (χ4v) is 3.18. The van der Waals surface area contributed by atoms with Crippen LogP contribution in [0.1, 0.15) is 51.9 Å². The lowest BCUT2D eigenvalue weighted by atomic mass is 9.79. The smallest absolute Gasteiger partial charge is 0.223 e. The van der Waals surface area contributed by atoms with E-state index in [1.165, 1.54) is 0 Å². The van der Waals surface area contributed by atoms with E-state index in [9.17, 15) is 9.90 Å². The van der Waals surface area contributed by atoms with Gasteiger partial charge >= 0.3 is 0 Å².